The molecule has 1 aromatic heterocycles. The number of benzene rings is 1. The number of hydrogen-bond acceptors (Lipinski definition) is 3. The summed E-state index contributed by atoms with van der Waals surface area (Å²) in [6, 6.07) is 6.62. The largest absolute Gasteiger partial charge is 0.494 e. The van der Waals surface area contributed by atoms with Crippen molar-refractivity contribution in [2.45, 2.75) is 32.2 Å². The number of carbonyl (C=O) groups excluding carboxylic acids is 1. The molecule has 23 heavy (non-hydrogen) atoms. The van der Waals surface area contributed by atoms with E-state index in [4.69, 9.17) is 4.74 Å². The van der Waals surface area contributed by atoms with Gasteiger partial charge in [0.15, 0.2) is 0 Å². The van der Waals surface area contributed by atoms with Gasteiger partial charge in [-0.15, -0.1) is 0 Å². The number of carbonyl (C=O) groups is 2. The Morgan fingerprint density at radius 1 is 1.35 bits per heavy atom. The Morgan fingerprint density at radius 2 is 2.17 bits per heavy atom. The van der Waals surface area contributed by atoms with Crippen molar-refractivity contribution >= 4 is 22.8 Å². The van der Waals surface area contributed by atoms with Gasteiger partial charge in [-0.2, -0.15) is 0 Å². The number of nitrogens with one attached hydrogen (secondary N) is 1. The van der Waals surface area contributed by atoms with Crippen LogP contribution in [-0.4, -0.2) is 46.1 Å². The molecule has 0 spiro atoms. The van der Waals surface area contributed by atoms with Crippen LogP contribution in [0, 0.1) is 0 Å². The van der Waals surface area contributed by atoms with Gasteiger partial charge >= 0.3 is 5.97 Å². The molecule has 2 heterocycles. The second-order valence-electron chi connectivity index (χ2n) is 5.71. The van der Waals surface area contributed by atoms with Gasteiger partial charge in [-0.1, -0.05) is 0 Å². The van der Waals surface area contributed by atoms with Crippen molar-refractivity contribution < 1.29 is 19.4 Å². The first kappa shape index (κ1) is 15.4. The summed E-state index contributed by atoms with van der Waals surface area (Å²) in [6.07, 6.45) is 2.19. The number of aromatic amines is 1. The Hall–Kier alpha value is -2.50. The smallest absolute Gasteiger partial charge is 0.326 e. The van der Waals surface area contributed by atoms with Gasteiger partial charge in [0.1, 0.15) is 17.5 Å². The maximum atomic E-state index is 12.7. The van der Waals surface area contributed by atoms with Crippen LogP contribution in [0.1, 0.15) is 36.7 Å². The molecule has 1 unspecified atom stereocenters. The summed E-state index contributed by atoms with van der Waals surface area (Å²) in [6.45, 7) is 2.97. The van der Waals surface area contributed by atoms with Gasteiger partial charge < -0.3 is 19.7 Å². The zero-order valence-electron chi connectivity index (χ0n) is 13.0. The summed E-state index contributed by atoms with van der Waals surface area (Å²) >= 11 is 0. The van der Waals surface area contributed by atoms with E-state index in [1.54, 1.807) is 6.07 Å². The number of likely N-dealkylation sites (tertiary alicyclic amines) is 1. The molecular weight excluding hydrogens is 296 g/mol. The first-order valence-corrected chi connectivity index (χ1v) is 7.89. The first-order valence-electron chi connectivity index (χ1n) is 7.89. The molecule has 6 nitrogen and oxygen atoms in total. The van der Waals surface area contributed by atoms with E-state index < -0.39 is 12.0 Å². The summed E-state index contributed by atoms with van der Waals surface area (Å²) in [7, 11) is 0. The van der Waals surface area contributed by atoms with Crippen molar-refractivity contribution in [2.24, 2.45) is 0 Å². The molecule has 1 atom stereocenters. The lowest BCUT2D eigenvalue weighted by Crippen LogP contribution is -2.48. The fourth-order valence-electron chi connectivity index (χ4n) is 3.06. The molecular formula is C17H20N2O4. The molecule has 2 aromatic rings. The molecule has 2 N–H and O–H groups in total. The minimum absolute atomic E-state index is 0.258. The number of hydrogen-bond donors (Lipinski definition) is 2. The van der Waals surface area contributed by atoms with Crippen LogP contribution in [0.15, 0.2) is 24.3 Å². The van der Waals surface area contributed by atoms with E-state index in [2.05, 4.69) is 4.98 Å². The van der Waals surface area contributed by atoms with Gasteiger partial charge in [-0.05, 0) is 44.4 Å². The Kier molecular flexibility index (Phi) is 4.23. The highest BCUT2D eigenvalue weighted by Gasteiger charge is 2.33. The quantitative estimate of drug-likeness (QED) is 0.908. The number of amides is 1. The van der Waals surface area contributed by atoms with Gasteiger partial charge in [0.05, 0.1) is 6.61 Å². The zero-order valence-corrected chi connectivity index (χ0v) is 13.0. The van der Waals surface area contributed by atoms with E-state index in [0.717, 1.165) is 29.5 Å². The predicted molar refractivity (Wildman–Crippen MR) is 85.8 cm³/mol. The number of carboxylic acids is 1. The van der Waals surface area contributed by atoms with E-state index >= 15 is 0 Å². The maximum Gasteiger partial charge on any atom is 0.326 e. The van der Waals surface area contributed by atoms with E-state index in [1.165, 1.54) is 4.90 Å². The molecule has 0 saturated carbocycles. The molecule has 1 aromatic carbocycles. The van der Waals surface area contributed by atoms with Crippen molar-refractivity contribution in [1.82, 2.24) is 9.88 Å². The minimum Gasteiger partial charge on any atom is -0.494 e. The average Bonchev–Trinajstić information content (AvgIpc) is 2.97. The number of nitrogens with zero attached hydrogens (tertiary/aromatic N) is 1. The third-order valence-corrected chi connectivity index (χ3v) is 4.18. The first-order chi connectivity index (χ1) is 11.1. The van der Waals surface area contributed by atoms with E-state index in [0.29, 0.717) is 25.3 Å². The van der Waals surface area contributed by atoms with Gasteiger partial charge in [0, 0.05) is 23.5 Å². The molecule has 1 fully saturated rings. The predicted octanol–water partition coefficient (Wildman–Crippen LogP) is 2.65. The third-order valence-electron chi connectivity index (χ3n) is 4.18. The number of aliphatic carboxylic acids is 1. The number of ether oxygens (including phenoxy) is 1. The van der Waals surface area contributed by atoms with E-state index in [1.807, 2.05) is 25.1 Å². The van der Waals surface area contributed by atoms with Crippen molar-refractivity contribution in [3.63, 3.8) is 0 Å². The Balaban J connectivity index is 1.89. The van der Waals surface area contributed by atoms with Crippen LogP contribution in [0.2, 0.25) is 0 Å². The molecule has 0 aliphatic carbocycles. The minimum atomic E-state index is -0.937. The van der Waals surface area contributed by atoms with Crippen molar-refractivity contribution in [3.05, 3.63) is 30.0 Å². The zero-order chi connectivity index (χ0) is 16.4. The molecule has 122 valence electrons. The Morgan fingerprint density at radius 3 is 2.91 bits per heavy atom. The number of fused-ring (bicyclic) bond motifs is 1. The van der Waals surface area contributed by atoms with Gasteiger partial charge in [0.2, 0.25) is 0 Å². The molecule has 1 amide bonds. The van der Waals surface area contributed by atoms with Crippen LogP contribution in [0.5, 0.6) is 5.75 Å². The number of rotatable bonds is 4. The summed E-state index contributed by atoms with van der Waals surface area (Å²) in [5, 5.41) is 10.2. The highest BCUT2D eigenvalue weighted by Crippen LogP contribution is 2.24. The fourth-order valence-corrected chi connectivity index (χ4v) is 3.06. The lowest BCUT2D eigenvalue weighted by molar-refractivity contribution is -0.143. The lowest BCUT2D eigenvalue weighted by atomic mass is 10.0. The summed E-state index contributed by atoms with van der Waals surface area (Å²) in [5.41, 5.74) is 1.23. The normalized spacial score (nSPS) is 18.1. The third kappa shape index (κ3) is 3.02. The Bertz CT molecular complexity index is 737. The average molecular weight is 316 g/mol. The molecule has 6 heteroatoms. The highest BCUT2D eigenvalue weighted by atomic mass is 16.5. The van der Waals surface area contributed by atoms with E-state index in [-0.39, 0.29) is 5.91 Å². The van der Waals surface area contributed by atoms with Crippen LogP contribution in [-0.2, 0) is 4.79 Å². The molecule has 1 saturated heterocycles. The number of aromatic nitrogens is 1. The fraction of sp³-hybridized carbons (Fsp3) is 0.412. The molecule has 0 radical (unpaired) electrons. The van der Waals surface area contributed by atoms with Gasteiger partial charge in [0.25, 0.3) is 5.91 Å². The summed E-state index contributed by atoms with van der Waals surface area (Å²) < 4.78 is 5.46. The second-order valence-corrected chi connectivity index (χ2v) is 5.71. The van der Waals surface area contributed by atoms with Gasteiger partial charge in [-0.3, -0.25) is 4.79 Å². The summed E-state index contributed by atoms with van der Waals surface area (Å²) in [5.74, 6) is -0.457. The molecule has 0 bridgehead atoms. The lowest BCUT2D eigenvalue weighted by Gasteiger charge is -2.32. The molecule has 1 aliphatic rings. The highest BCUT2D eigenvalue weighted by molar-refractivity contribution is 5.99. The maximum absolute atomic E-state index is 12.7. The van der Waals surface area contributed by atoms with Crippen LogP contribution in [0.3, 0.4) is 0 Å². The van der Waals surface area contributed by atoms with Crippen molar-refractivity contribution in [3.8, 4) is 5.75 Å². The number of piperidine rings is 1. The van der Waals surface area contributed by atoms with E-state index in [9.17, 15) is 14.7 Å². The topological polar surface area (TPSA) is 82.6 Å². The summed E-state index contributed by atoms with van der Waals surface area (Å²) in [4.78, 5) is 28.6. The number of H-pyrrole nitrogens is 1. The number of carboxylic acid groups (broad SMARTS) is 1. The van der Waals surface area contributed by atoms with Crippen LogP contribution in [0.25, 0.3) is 10.9 Å². The monoisotopic (exact) mass is 316 g/mol. The molecule has 3 rings (SSSR count). The van der Waals surface area contributed by atoms with Crippen molar-refractivity contribution in [2.75, 3.05) is 13.2 Å². The van der Waals surface area contributed by atoms with Crippen LogP contribution >= 0.6 is 0 Å². The Labute approximate surface area is 134 Å². The van der Waals surface area contributed by atoms with Crippen LogP contribution < -0.4 is 4.74 Å². The molecule has 1 aliphatic heterocycles. The second kappa shape index (κ2) is 6.32. The van der Waals surface area contributed by atoms with Crippen molar-refractivity contribution in [1.29, 1.82) is 0 Å². The van der Waals surface area contributed by atoms with Gasteiger partial charge in [-0.25, -0.2) is 4.79 Å². The van der Waals surface area contributed by atoms with Crippen LogP contribution in [0.4, 0.5) is 0 Å². The SMILES string of the molecule is CCOc1ccc2cc(C(=O)N3CCCCC3C(=O)O)[nH]c2c1. The standard InChI is InChI=1S/C17H20N2O4/c1-2-23-12-7-6-11-9-14(18-13(11)10-12)16(20)19-8-4-3-5-15(19)17(21)22/h6-7,9-10,15,18H,2-5,8H2,1H3,(H,21,22).